The van der Waals surface area contributed by atoms with Gasteiger partial charge in [-0.25, -0.2) is 4.98 Å². The molecule has 0 saturated carbocycles. The second-order valence-corrected chi connectivity index (χ2v) is 6.37. The summed E-state index contributed by atoms with van der Waals surface area (Å²) in [5.74, 6) is 0.785. The number of benzene rings is 1. The van der Waals surface area contributed by atoms with Crippen molar-refractivity contribution in [2.24, 2.45) is 0 Å². The Morgan fingerprint density at radius 2 is 2.10 bits per heavy atom. The van der Waals surface area contributed by atoms with Crippen molar-refractivity contribution in [3.63, 3.8) is 0 Å². The maximum atomic E-state index is 4.62. The standard InChI is InChI=1S/C14H15N5S2/c1-2-6-13-15-11(9-20-13)10-21-14-16-17-18-19(14)12-7-4-3-5-8-12/h3-5,7-9H,2,6,10H2,1H3. The molecule has 0 N–H and O–H groups in total. The van der Waals surface area contributed by atoms with Gasteiger partial charge in [0.25, 0.3) is 0 Å². The number of tetrazole rings is 1. The van der Waals surface area contributed by atoms with E-state index < -0.39 is 0 Å². The SMILES string of the molecule is CCCc1nc(CSc2nnnn2-c2ccccc2)cs1. The lowest BCUT2D eigenvalue weighted by atomic mass is 10.3. The van der Waals surface area contributed by atoms with Crippen molar-refractivity contribution < 1.29 is 0 Å². The third kappa shape index (κ3) is 3.48. The average molecular weight is 317 g/mol. The Morgan fingerprint density at radius 3 is 2.90 bits per heavy atom. The van der Waals surface area contributed by atoms with Gasteiger partial charge in [-0.05, 0) is 35.4 Å². The van der Waals surface area contributed by atoms with Crippen molar-refractivity contribution in [1.29, 1.82) is 0 Å². The molecule has 0 aliphatic carbocycles. The van der Waals surface area contributed by atoms with E-state index >= 15 is 0 Å². The van der Waals surface area contributed by atoms with Gasteiger partial charge in [0.2, 0.25) is 5.16 Å². The molecular weight excluding hydrogens is 302 g/mol. The first-order valence-corrected chi connectivity index (χ1v) is 8.63. The van der Waals surface area contributed by atoms with Crippen LogP contribution in [-0.2, 0) is 12.2 Å². The van der Waals surface area contributed by atoms with Gasteiger partial charge in [0.1, 0.15) is 0 Å². The second-order valence-electron chi connectivity index (χ2n) is 4.48. The average Bonchev–Trinajstić information content (AvgIpc) is 3.15. The van der Waals surface area contributed by atoms with Gasteiger partial charge >= 0.3 is 0 Å². The van der Waals surface area contributed by atoms with Crippen molar-refractivity contribution in [3.8, 4) is 5.69 Å². The summed E-state index contributed by atoms with van der Waals surface area (Å²) in [6, 6.07) is 9.91. The van der Waals surface area contributed by atoms with Gasteiger partial charge in [-0.2, -0.15) is 4.68 Å². The largest absolute Gasteiger partial charge is 0.245 e. The van der Waals surface area contributed by atoms with E-state index in [1.54, 1.807) is 27.8 Å². The van der Waals surface area contributed by atoms with E-state index in [1.165, 1.54) is 5.01 Å². The fourth-order valence-corrected chi connectivity index (χ4v) is 3.67. The van der Waals surface area contributed by atoms with Gasteiger partial charge in [-0.15, -0.1) is 16.4 Å². The molecule has 3 rings (SSSR count). The van der Waals surface area contributed by atoms with Crippen LogP contribution in [0.4, 0.5) is 0 Å². The molecular formula is C14H15N5S2. The molecule has 0 atom stereocenters. The molecule has 1 aromatic carbocycles. The molecule has 0 unspecified atom stereocenters. The van der Waals surface area contributed by atoms with Gasteiger partial charge in [0.15, 0.2) is 0 Å². The topological polar surface area (TPSA) is 56.5 Å². The number of hydrogen-bond donors (Lipinski definition) is 0. The van der Waals surface area contributed by atoms with Crippen LogP contribution in [0.3, 0.4) is 0 Å². The number of aryl methyl sites for hydroxylation is 1. The Bertz CT molecular complexity index is 692. The van der Waals surface area contributed by atoms with Gasteiger partial charge in [0, 0.05) is 11.1 Å². The number of rotatable bonds is 6. The molecule has 0 fully saturated rings. The van der Waals surface area contributed by atoms with Crippen LogP contribution in [-0.4, -0.2) is 25.2 Å². The molecule has 3 aromatic rings. The Morgan fingerprint density at radius 1 is 1.24 bits per heavy atom. The lowest BCUT2D eigenvalue weighted by molar-refractivity contribution is 0.756. The van der Waals surface area contributed by atoms with Crippen molar-refractivity contribution in [2.75, 3.05) is 0 Å². The summed E-state index contributed by atoms with van der Waals surface area (Å²) in [5.41, 5.74) is 2.06. The Labute approximate surface area is 131 Å². The Balaban J connectivity index is 1.70. The molecule has 0 radical (unpaired) electrons. The highest BCUT2D eigenvalue weighted by atomic mass is 32.2. The summed E-state index contributed by atoms with van der Waals surface area (Å²) in [6.45, 7) is 2.17. The molecule has 108 valence electrons. The number of aromatic nitrogens is 5. The van der Waals surface area contributed by atoms with Crippen LogP contribution < -0.4 is 0 Å². The van der Waals surface area contributed by atoms with Crippen molar-refractivity contribution >= 4 is 23.1 Å². The molecule has 0 amide bonds. The summed E-state index contributed by atoms with van der Waals surface area (Å²) in [4.78, 5) is 4.62. The van der Waals surface area contributed by atoms with Gasteiger partial charge in [-0.1, -0.05) is 36.9 Å². The first-order valence-electron chi connectivity index (χ1n) is 6.76. The number of para-hydroxylation sites is 1. The van der Waals surface area contributed by atoms with Crippen LogP contribution >= 0.6 is 23.1 Å². The lowest BCUT2D eigenvalue weighted by Crippen LogP contribution is -1.98. The van der Waals surface area contributed by atoms with Crippen LogP contribution in [0.5, 0.6) is 0 Å². The zero-order valence-electron chi connectivity index (χ0n) is 11.6. The van der Waals surface area contributed by atoms with Crippen molar-refractivity contribution in [2.45, 2.75) is 30.7 Å². The molecule has 0 aliphatic heterocycles. The predicted octanol–water partition coefficient (Wildman–Crippen LogP) is 3.36. The predicted molar refractivity (Wildman–Crippen MR) is 84.8 cm³/mol. The monoisotopic (exact) mass is 317 g/mol. The molecule has 0 aliphatic rings. The summed E-state index contributed by atoms with van der Waals surface area (Å²) in [7, 11) is 0. The normalized spacial score (nSPS) is 10.9. The van der Waals surface area contributed by atoms with Crippen LogP contribution in [0, 0.1) is 0 Å². The first kappa shape index (κ1) is 14.2. The van der Waals surface area contributed by atoms with E-state index in [2.05, 4.69) is 32.8 Å². The molecule has 2 heterocycles. The van der Waals surface area contributed by atoms with Gasteiger partial charge in [0.05, 0.1) is 16.4 Å². The fraction of sp³-hybridized carbons (Fsp3) is 0.286. The fourth-order valence-electron chi connectivity index (χ4n) is 1.88. The van der Waals surface area contributed by atoms with Crippen molar-refractivity contribution in [3.05, 3.63) is 46.4 Å². The van der Waals surface area contributed by atoms with E-state index in [0.717, 1.165) is 35.1 Å². The van der Waals surface area contributed by atoms with Crippen molar-refractivity contribution in [1.82, 2.24) is 25.2 Å². The molecule has 0 bridgehead atoms. The third-order valence-electron chi connectivity index (χ3n) is 2.85. The van der Waals surface area contributed by atoms with E-state index in [4.69, 9.17) is 0 Å². The highest BCUT2D eigenvalue weighted by Gasteiger charge is 2.10. The molecule has 7 heteroatoms. The first-order chi connectivity index (χ1) is 10.4. The smallest absolute Gasteiger partial charge is 0.214 e. The number of nitrogens with zero attached hydrogens (tertiary/aromatic N) is 5. The molecule has 5 nitrogen and oxygen atoms in total. The van der Waals surface area contributed by atoms with Crippen LogP contribution in [0.2, 0.25) is 0 Å². The van der Waals surface area contributed by atoms with Gasteiger partial charge in [-0.3, -0.25) is 0 Å². The summed E-state index contributed by atoms with van der Waals surface area (Å²) < 4.78 is 1.75. The van der Waals surface area contributed by atoms with Gasteiger partial charge < -0.3 is 0 Å². The minimum atomic E-state index is 0.784. The Hall–Kier alpha value is -1.73. The maximum Gasteiger partial charge on any atom is 0.214 e. The lowest BCUT2D eigenvalue weighted by Gasteiger charge is -2.02. The molecule has 21 heavy (non-hydrogen) atoms. The van der Waals surface area contributed by atoms with E-state index in [-0.39, 0.29) is 0 Å². The molecule has 0 spiro atoms. The Kier molecular flexibility index (Phi) is 4.62. The van der Waals surface area contributed by atoms with E-state index in [0.29, 0.717) is 0 Å². The molecule has 0 saturated heterocycles. The number of thioether (sulfide) groups is 1. The van der Waals surface area contributed by atoms with E-state index in [9.17, 15) is 0 Å². The minimum absolute atomic E-state index is 0.784. The quantitative estimate of drug-likeness (QED) is 0.652. The van der Waals surface area contributed by atoms with Crippen LogP contribution in [0.25, 0.3) is 5.69 Å². The number of hydrogen-bond acceptors (Lipinski definition) is 6. The third-order valence-corrected chi connectivity index (χ3v) is 4.76. The summed E-state index contributed by atoms with van der Waals surface area (Å²) in [5, 5.41) is 16.0. The summed E-state index contributed by atoms with van der Waals surface area (Å²) >= 11 is 3.33. The minimum Gasteiger partial charge on any atom is -0.245 e. The summed E-state index contributed by atoms with van der Waals surface area (Å²) in [6.07, 6.45) is 2.18. The highest BCUT2D eigenvalue weighted by Crippen LogP contribution is 2.23. The zero-order chi connectivity index (χ0) is 14.5. The second kappa shape index (κ2) is 6.82. The highest BCUT2D eigenvalue weighted by molar-refractivity contribution is 7.98. The number of thiazole rings is 1. The molecule has 2 aromatic heterocycles. The zero-order valence-corrected chi connectivity index (χ0v) is 13.3. The maximum absolute atomic E-state index is 4.62. The van der Waals surface area contributed by atoms with Crippen LogP contribution in [0.1, 0.15) is 24.0 Å². The van der Waals surface area contributed by atoms with E-state index in [1.807, 2.05) is 30.3 Å². The van der Waals surface area contributed by atoms with Crippen LogP contribution in [0.15, 0.2) is 40.9 Å².